The molecule has 6 aromatic carbocycles. The van der Waals surface area contributed by atoms with E-state index in [9.17, 15) is 0 Å². The second-order valence-corrected chi connectivity index (χ2v) is 11.5. The third-order valence-corrected chi connectivity index (χ3v) is 8.69. The van der Waals surface area contributed by atoms with Crippen molar-refractivity contribution < 1.29 is 4.42 Å². The highest BCUT2D eigenvalue weighted by molar-refractivity contribution is 6.14. The van der Waals surface area contributed by atoms with E-state index in [0.29, 0.717) is 11.4 Å². The van der Waals surface area contributed by atoms with E-state index in [0.717, 1.165) is 50.1 Å². The fourth-order valence-corrected chi connectivity index (χ4v) is 6.56. The smallest absolute Gasteiger partial charge is 0.180 e. The van der Waals surface area contributed by atoms with Gasteiger partial charge in [0.15, 0.2) is 11.4 Å². The van der Waals surface area contributed by atoms with Crippen molar-refractivity contribution in [3.8, 4) is 39.5 Å². The van der Waals surface area contributed by atoms with Gasteiger partial charge >= 0.3 is 0 Å². The molecule has 0 saturated heterocycles. The van der Waals surface area contributed by atoms with Crippen molar-refractivity contribution in [1.82, 2.24) is 14.5 Å². The van der Waals surface area contributed by atoms with Crippen LogP contribution in [0.25, 0.3) is 83.3 Å². The standard InChI is InChI=1S/C41H27N3O/c1-26-21-23-27(24-22-26)38-40-39(43-41(42-38)28-11-3-2-4-12-28)37-31(17-10-20-36(37)45-40)29-13-9-14-30(25-29)44-34-18-7-5-15-32(34)33-16-6-8-19-35(33)44/h2-25H,1H3. The Hall–Kier alpha value is -6.00. The molecule has 0 radical (unpaired) electrons. The zero-order valence-electron chi connectivity index (χ0n) is 24.6. The fourth-order valence-electron chi connectivity index (χ4n) is 6.56. The fraction of sp³-hybridized carbons (Fsp3) is 0.0244. The van der Waals surface area contributed by atoms with E-state index in [1.165, 1.54) is 27.4 Å². The number of aryl methyl sites for hydroxylation is 1. The first-order valence-corrected chi connectivity index (χ1v) is 15.2. The maximum atomic E-state index is 6.61. The van der Waals surface area contributed by atoms with E-state index in [-0.39, 0.29) is 0 Å². The van der Waals surface area contributed by atoms with E-state index < -0.39 is 0 Å². The van der Waals surface area contributed by atoms with Gasteiger partial charge in [-0.05, 0) is 48.4 Å². The lowest BCUT2D eigenvalue weighted by Gasteiger charge is -2.11. The minimum absolute atomic E-state index is 0.676. The molecule has 9 rings (SSSR count). The highest BCUT2D eigenvalue weighted by atomic mass is 16.3. The molecule has 0 amide bonds. The number of hydrogen-bond acceptors (Lipinski definition) is 3. The van der Waals surface area contributed by atoms with Crippen LogP contribution in [0.1, 0.15) is 5.56 Å². The van der Waals surface area contributed by atoms with E-state index in [1.54, 1.807) is 0 Å². The molecule has 3 heterocycles. The topological polar surface area (TPSA) is 43.9 Å². The molecular weight excluding hydrogens is 550 g/mol. The van der Waals surface area contributed by atoms with Gasteiger partial charge in [0.2, 0.25) is 0 Å². The molecule has 0 N–H and O–H groups in total. The Morgan fingerprint density at radius 2 is 1.22 bits per heavy atom. The van der Waals surface area contributed by atoms with Gasteiger partial charge in [0.25, 0.3) is 0 Å². The first kappa shape index (κ1) is 25.5. The second-order valence-electron chi connectivity index (χ2n) is 11.5. The van der Waals surface area contributed by atoms with Crippen LogP contribution < -0.4 is 0 Å². The van der Waals surface area contributed by atoms with Crippen LogP contribution in [0.4, 0.5) is 0 Å². The molecule has 0 saturated carbocycles. The molecule has 212 valence electrons. The summed E-state index contributed by atoms with van der Waals surface area (Å²) in [6.07, 6.45) is 0. The summed E-state index contributed by atoms with van der Waals surface area (Å²) in [5.41, 5.74) is 11.9. The van der Waals surface area contributed by atoms with Gasteiger partial charge in [-0.2, -0.15) is 0 Å². The van der Waals surface area contributed by atoms with Crippen molar-refractivity contribution in [1.29, 1.82) is 0 Å². The summed E-state index contributed by atoms with van der Waals surface area (Å²) >= 11 is 0. The molecule has 0 aliphatic carbocycles. The molecule has 0 aliphatic heterocycles. The summed E-state index contributed by atoms with van der Waals surface area (Å²) in [4.78, 5) is 10.2. The zero-order chi connectivity index (χ0) is 29.9. The Morgan fingerprint density at radius 3 is 1.98 bits per heavy atom. The van der Waals surface area contributed by atoms with Gasteiger partial charge in [0.1, 0.15) is 16.8 Å². The SMILES string of the molecule is Cc1ccc(-c2nc(-c3ccccc3)nc3c2oc2cccc(-c4cccc(-n5c6ccccc6c6ccccc65)c4)c23)cc1. The normalized spacial score (nSPS) is 11.7. The average molecular weight is 578 g/mol. The van der Waals surface area contributed by atoms with Crippen LogP contribution in [0.5, 0.6) is 0 Å². The number of furan rings is 1. The van der Waals surface area contributed by atoms with Gasteiger partial charge in [0, 0.05) is 27.6 Å². The number of benzene rings is 6. The molecule has 9 aromatic rings. The number of fused-ring (bicyclic) bond motifs is 6. The summed E-state index contributed by atoms with van der Waals surface area (Å²) in [5.74, 6) is 0.676. The first-order valence-electron chi connectivity index (χ1n) is 15.2. The highest BCUT2D eigenvalue weighted by Crippen LogP contribution is 2.41. The predicted octanol–water partition coefficient (Wildman–Crippen LogP) is 10.8. The van der Waals surface area contributed by atoms with E-state index in [4.69, 9.17) is 14.4 Å². The van der Waals surface area contributed by atoms with Gasteiger partial charge < -0.3 is 8.98 Å². The van der Waals surface area contributed by atoms with E-state index in [1.807, 2.05) is 24.3 Å². The number of rotatable bonds is 4. The van der Waals surface area contributed by atoms with Crippen molar-refractivity contribution in [2.75, 3.05) is 0 Å². The third-order valence-electron chi connectivity index (χ3n) is 8.69. The number of nitrogens with zero attached hydrogens (tertiary/aromatic N) is 3. The molecule has 4 nitrogen and oxygen atoms in total. The number of aromatic nitrogens is 3. The molecule has 0 spiro atoms. The molecule has 3 aromatic heterocycles. The van der Waals surface area contributed by atoms with E-state index >= 15 is 0 Å². The first-order chi connectivity index (χ1) is 22.2. The van der Waals surface area contributed by atoms with Crippen molar-refractivity contribution >= 4 is 43.9 Å². The molecule has 0 fully saturated rings. The molecule has 0 unspecified atom stereocenters. The Morgan fingerprint density at radius 1 is 0.556 bits per heavy atom. The van der Waals surface area contributed by atoms with Crippen LogP contribution in [0, 0.1) is 6.92 Å². The molecule has 4 heteroatoms. The van der Waals surface area contributed by atoms with Crippen molar-refractivity contribution in [2.24, 2.45) is 0 Å². The summed E-state index contributed by atoms with van der Waals surface area (Å²) in [5, 5.41) is 3.48. The number of hydrogen-bond donors (Lipinski definition) is 0. The van der Waals surface area contributed by atoms with Gasteiger partial charge in [-0.1, -0.05) is 121 Å². The quantitative estimate of drug-likeness (QED) is 0.209. The molecule has 0 aliphatic rings. The zero-order valence-corrected chi connectivity index (χ0v) is 24.6. The van der Waals surface area contributed by atoms with Crippen LogP contribution in [0.3, 0.4) is 0 Å². The minimum Gasteiger partial charge on any atom is -0.452 e. The van der Waals surface area contributed by atoms with Crippen molar-refractivity contribution in [3.63, 3.8) is 0 Å². The van der Waals surface area contributed by atoms with Gasteiger partial charge in [0.05, 0.1) is 16.4 Å². The third kappa shape index (κ3) is 4.07. The van der Waals surface area contributed by atoms with E-state index in [2.05, 4.69) is 133 Å². The largest absolute Gasteiger partial charge is 0.452 e. The van der Waals surface area contributed by atoms with Crippen LogP contribution in [-0.4, -0.2) is 14.5 Å². The van der Waals surface area contributed by atoms with Crippen molar-refractivity contribution in [2.45, 2.75) is 6.92 Å². The Kier molecular flexibility index (Phi) is 5.69. The average Bonchev–Trinajstić information content (AvgIpc) is 3.65. The summed E-state index contributed by atoms with van der Waals surface area (Å²) in [6, 6.07) is 50.8. The molecule has 0 atom stereocenters. The molecule has 0 bridgehead atoms. The minimum atomic E-state index is 0.676. The summed E-state index contributed by atoms with van der Waals surface area (Å²) < 4.78 is 8.96. The molecule has 45 heavy (non-hydrogen) atoms. The monoisotopic (exact) mass is 577 g/mol. The lowest BCUT2D eigenvalue weighted by atomic mass is 10.00. The highest BCUT2D eigenvalue weighted by Gasteiger charge is 2.21. The van der Waals surface area contributed by atoms with Gasteiger partial charge in [-0.3, -0.25) is 0 Å². The van der Waals surface area contributed by atoms with Gasteiger partial charge in [-0.25, -0.2) is 9.97 Å². The maximum Gasteiger partial charge on any atom is 0.180 e. The summed E-state index contributed by atoms with van der Waals surface area (Å²) in [7, 11) is 0. The van der Waals surface area contributed by atoms with Crippen LogP contribution in [0.15, 0.2) is 150 Å². The van der Waals surface area contributed by atoms with Crippen molar-refractivity contribution in [3.05, 3.63) is 151 Å². The predicted molar refractivity (Wildman–Crippen MR) is 185 cm³/mol. The van der Waals surface area contributed by atoms with Crippen LogP contribution >= 0.6 is 0 Å². The lowest BCUT2D eigenvalue weighted by Crippen LogP contribution is -1.95. The number of para-hydroxylation sites is 2. The Bertz CT molecular complexity index is 2490. The lowest BCUT2D eigenvalue weighted by molar-refractivity contribution is 0.667. The van der Waals surface area contributed by atoms with Crippen LogP contribution in [-0.2, 0) is 0 Å². The maximum absolute atomic E-state index is 6.61. The van der Waals surface area contributed by atoms with Crippen LogP contribution in [0.2, 0.25) is 0 Å². The Labute approximate surface area is 259 Å². The Balaban J connectivity index is 1.31. The summed E-state index contributed by atoms with van der Waals surface area (Å²) in [6.45, 7) is 2.09. The molecular formula is C41H27N3O. The van der Waals surface area contributed by atoms with Gasteiger partial charge in [-0.15, -0.1) is 0 Å². The second kappa shape index (κ2) is 10.0.